The van der Waals surface area contributed by atoms with Crippen LogP contribution in [0.15, 0.2) is 33.5 Å². The summed E-state index contributed by atoms with van der Waals surface area (Å²) in [6.45, 7) is 0. The number of hydrogen-bond acceptors (Lipinski definition) is 4. The first kappa shape index (κ1) is 14.8. The van der Waals surface area contributed by atoms with E-state index < -0.39 is 23.6 Å². The third-order valence-corrected chi connectivity index (χ3v) is 2.20. The summed E-state index contributed by atoms with van der Waals surface area (Å²) in [5, 5.41) is 10.5. The molecule has 0 unspecified atom stereocenters. The summed E-state index contributed by atoms with van der Waals surface area (Å²) in [6.07, 6.45) is -2.90. The molecule has 0 amide bonds. The molecule has 4 nitrogen and oxygen atoms in total. The fourth-order valence-corrected chi connectivity index (χ4v) is 1.41. The van der Waals surface area contributed by atoms with Gasteiger partial charge in [-0.1, -0.05) is 0 Å². The third-order valence-electron chi connectivity index (χ3n) is 2.20. The van der Waals surface area contributed by atoms with Crippen LogP contribution in [0.3, 0.4) is 0 Å². The molecule has 2 aromatic rings. The molecule has 0 aliphatic carbocycles. The molecule has 7 heteroatoms. The van der Waals surface area contributed by atoms with Crippen molar-refractivity contribution in [2.75, 3.05) is 0 Å². The van der Waals surface area contributed by atoms with E-state index in [-0.39, 0.29) is 46.1 Å². The number of hydrogen-bond donors (Lipinski definition) is 0. The molecular weight excluding hydrogens is 257 g/mol. The molecular formula is C11H5F2NaO4. The fourth-order valence-electron chi connectivity index (χ4n) is 1.41. The van der Waals surface area contributed by atoms with Gasteiger partial charge in [0.2, 0.25) is 0 Å². The van der Waals surface area contributed by atoms with Crippen LogP contribution in [0.5, 0.6) is 0 Å². The zero-order valence-corrected chi connectivity index (χ0v) is 11.3. The summed E-state index contributed by atoms with van der Waals surface area (Å²) in [6, 6.07) is 3.95. The summed E-state index contributed by atoms with van der Waals surface area (Å²) >= 11 is 0. The molecule has 1 aromatic carbocycles. The van der Waals surface area contributed by atoms with E-state index >= 15 is 0 Å². The average molecular weight is 262 g/mol. The van der Waals surface area contributed by atoms with Gasteiger partial charge in [-0.2, -0.15) is 0 Å². The van der Waals surface area contributed by atoms with Crippen LogP contribution in [0.2, 0.25) is 0 Å². The van der Waals surface area contributed by atoms with Crippen LogP contribution in [0.25, 0.3) is 11.0 Å². The molecule has 88 valence electrons. The van der Waals surface area contributed by atoms with Gasteiger partial charge in [0.1, 0.15) is 5.58 Å². The van der Waals surface area contributed by atoms with E-state index in [0.717, 1.165) is 18.2 Å². The Bertz CT molecular complexity index is 651. The Morgan fingerprint density at radius 3 is 2.50 bits per heavy atom. The maximum absolute atomic E-state index is 12.3. The number of rotatable bonds is 2. The van der Waals surface area contributed by atoms with Crippen molar-refractivity contribution < 1.29 is 52.7 Å². The molecule has 0 N–H and O–H groups in total. The Balaban J connectivity index is 0.00000162. The second-order valence-corrected chi connectivity index (χ2v) is 3.31. The van der Waals surface area contributed by atoms with Crippen LogP contribution in [-0.4, -0.2) is 5.97 Å². The van der Waals surface area contributed by atoms with Crippen LogP contribution in [0, 0.1) is 0 Å². The maximum Gasteiger partial charge on any atom is 1.00 e. The van der Waals surface area contributed by atoms with Crippen LogP contribution in [0.1, 0.15) is 22.5 Å². The monoisotopic (exact) mass is 262 g/mol. The van der Waals surface area contributed by atoms with Crippen molar-refractivity contribution in [3.63, 3.8) is 0 Å². The van der Waals surface area contributed by atoms with Gasteiger partial charge in [0, 0.05) is 6.07 Å². The van der Waals surface area contributed by atoms with Gasteiger partial charge in [-0.15, -0.1) is 0 Å². The van der Waals surface area contributed by atoms with Crippen LogP contribution in [-0.2, 0) is 0 Å². The first-order valence-corrected chi connectivity index (χ1v) is 4.56. The van der Waals surface area contributed by atoms with Crippen molar-refractivity contribution in [3.05, 3.63) is 45.8 Å². The molecule has 1 heterocycles. The second kappa shape index (κ2) is 5.60. The summed E-state index contributed by atoms with van der Waals surface area (Å²) in [5.74, 6) is -2.20. The van der Waals surface area contributed by atoms with Gasteiger partial charge in [-0.05, 0) is 23.8 Å². The van der Waals surface area contributed by atoms with Crippen molar-refractivity contribution in [2.24, 2.45) is 0 Å². The molecule has 1 aromatic heterocycles. The number of carboxylic acids is 1. The summed E-state index contributed by atoms with van der Waals surface area (Å²) in [5.41, 5.74) is -1.02. The topological polar surface area (TPSA) is 70.3 Å². The molecule has 0 aliphatic heterocycles. The number of benzene rings is 1. The molecule has 0 fully saturated rings. The maximum atomic E-state index is 12.3. The summed E-state index contributed by atoms with van der Waals surface area (Å²) in [7, 11) is 0. The Hall–Kier alpha value is -1.24. The molecule has 0 saturated heterocycles. The predicted molar refractivity (Wildman–Crippen MR) is 51.8 cm³/mol. The molecule has 0 spiro atoms. The second-order valence-electron chi connectivity index (χ2n) is 3.31. The molecule has 0 bridgehead atoms. The van der Waals surface area contributed by atoms with Crippen LogP contribution < -0.4 is 40.1 Å². The summed E-state index contributed by atoms with van der Waals surface area (Å²) in [4.78, 5) is 22.0. The zero-order chi connectivity index (χ0) is 12.6. The predicted octanol–water partition coefficient (Wildman–Crippen LogP) is -1.90. The van der Waals surface area contributed by atoms with Crippen molar-refractivity contribution in [2.45, 2.75) is 6.43 Å². The SMILES string of the molecule is O=C([O-])c1ccc2oc(C(F)F)cc(=O)c2c1.[Na+]. The summed E-state index contributed by atoms with van der Waals surface area (Å²) < 4.78 is 29.5. The van der Waals surface area contributed by atoms with Crippen molar-refractivity contribution in [3.8, 4) is 0 Å². The van der Waals surface area contributed by atoms with Gasteiger partial charge in [0.15, 0.2) is 11.2 Å². The number of aromatic carboxylic acids is 1. The van der Waals surface area contributed by atoms with E-state index in [9.17, 15) is 23.5 Å². The van der Waals surface area contributed by atoms with Crippen LogP contribution in [0.4, 0.5) is 8.78 Å². The molecule has 0 saturated carbocycles. The van der Waals surface area contributed by atoms with Crippen molar-refractivity contribution >= 4 is 16.9 Å². The number of fused-ring (bicyclic) bond motifs is 1. The average Bonchev–Trinajstić information content (AvgIpc) is 2.28. The number of halogens is 2. The van der Waals surface area contributed by atoms with E-state index in [4.69, 9.17) is 4.42 Å². The minimum absolute atomic E-state index is 0. The Morgan fingerprint density at radius 2 is 1.94 bits per heavy atom. The van der Waals surface area contributed by atoms with Gasteiger partial charge < -0.3 is 14.3 Å². The van der Waals surface area contributed by atoms with Crippen LogP contribution >= 0.6 is 0 Å². The molecule has 0 aliphatic rings. The fraction of sp³-hybridized carbons (Fsp3) is 0.0909. The zero-order valence-electron chi connectivity index (χ0n) is 9.28. The molecule has 18 heavy (non-hydrogen) atoms. The van der Waals surface area contributed by atoms with Gasteiger partial charge in [0.05, 0.1) is 11.4 Å². The number of carbonyl (C=O) groups excluding carboxylic acids is 1. The minimum atomic E-state index is -2.90. The van der Waals surface area contributed by atoms with E-state index in [1.165, 1.54) is 0 Å². The van der Waals surface area contributed by atoms with Crippen molar-refractivity contribution in [1.29, 1.82) is 0 Å². The number of carbonyl (C=O) groups is 1. The van der Waals surface area contributed by atoms with Crippen molar-refractivity contribution in [1.82, 2.24) is 0 Å². The molecule has 0 radical (unpaired) electrons. The Morgan fingerprint density at radius 1 is 1.28 bits per heavy atom. The van der Waals surface area contributed by atoms with Gasteiger partial charge in [0.25, 0.3) is 6.43 Å². The Labute approximate surface area is 122 Å². The normalized spacial score (nSPS) is 10.4. The standard InChI is InChI=1S/C11H6F2O4.Na/c12-10(13)9-4-7(14)6-3-5(11(15)16)1-2-8(6)17-9;/h1-4,10H,(H,15,16);/q;+1/p-1. The quantitative estimate of drug-likeness (QED) is 0.593. The first-order chi connectivity index (χ1) is 7.99. The van der Waals surface area contributed by atoms with Gasteiger partial charge in [-0.3, -0.25) is 4.79 Å². The Kier molecular flexibility index (Phi) is 4.61. The minimum Gasteiger partial charge on any atom is -0.545 e. The van der Waals surface area contributed by atoms with E-state index in [2.05, 4.69) is 0 Å². The first-order valence-electron chi connectivity index (χ1n) is 4.56. The smallest absolute Gasteiger partial charge is 0.545 e. The molecule has 0 atom stereocenters. The van der Waals surface area contributed by atoms with E-state index in [1.54, 1.807) is 0 Å². The van der Waals surface area contributed by atoms with E-state index in [0.29, 0.717) is 6.07 Å². The van der Waals surface area contributed by atoms with Gasteiger partial charge in [-0.25, -0.2) is 8.78 Å². The number of alkyl halides is 2. The number of carboxylic acid groups (broad SMARTS) is 1. The van der Waals surface area contributed by atoms with E-state index in [1.807, 2.05) is 0 Å². The molecule has 2 rings (SSSR count). The third kappa shape index (κ3) is 2.77. The largest absolute Gasteiger partial charge is 1.00 e. The van der Waals surface area contributed by atoms with Gasteiger partial charge >= 0.3 is 29.6 Å².